The maximum Gasteiger partial charge on any atom is 0.262 e. The van der Waals surface area contributed by atoms with Crippen LogP contribution in [0.4, 0.5) is 5.69 Å². The fourth-order valence-electron chi connectivity index (χ4n) is 5.21. The predicted molar refractivity (Wildman–Crippen MR) is 141 cm³/mol. The predicted octanol–water partition coefficient (Wildman–Crippen LogP) is 1.97. The van der Waals surface area contributed by atoms with Gasteiger partial charge in [-0.05, 0) is 61.9 Å². The zero-order chi connectivity index (χ0) is 27.1. The molecule has 38 heavy (non-hydrogen) atoms. The minimum atomic E-state index is -3.58. The number of allylic oxidation sites excluding steroid dienone is 1. The lowest BCUT2D eigenvalue weighted by Crippen LogP contribution is -2.58. The zero-order valence-corrected chi connectivity index (χ0v) is 22.3. The first kappa shape index (κ1) is 26.1. The molecule has 5 rings (SSSR count). The van der Waals surface area contributed by atoms with E-state index in [-0.39, 0.29) is 23.1 Å². The van der Waals surface area contributed by atoms with Gasteiger partial charge < -0.3 is 4.90 Å². The van der Waals surface area contributed by atoms with Gasteiger partial charge in [-0.25, -0.2) is 22.7 Å². The van der Waals surface area contributed by atoms with Crippen molar-refractivity contribution >= 4 is 39.6 Å². The summed E-state index contributed by atoms with van der Waals surface area (Å²) in [5.74, 6) is -0.0670. The summed E-state index contributed by atoms with van der Waals surface area (Å²) in [5.41, 5.74) is 3.81. The second kappa shape index (κ2) is 9.96. The summed E-state index contributed by atoms with van der Waals surface area (Å²) < 4.78 is 26.0. The number of nitrogens with zero attached hydrogens (tertiary/aromatic N) is 6. The Morgan fingerprint density at radius 2 is 1.92 bits per heavy atom. The summed E-state index contributed by atoms with van der Waals surface area (Å²) in [5, 5.41) is 11.6. The highest BCUT2D eigenvalue weighted by atomic mass is 32.2. The molecule has 1 atom stereocenters. The molecular formula is C26H31N7O4S. The van der Waals surface area contributed by atoms with Crippen LogP contribution in [0.5, 0.6) is 0 Å². The van der Waals surface area contributed by atoms with Crippen molar-refractivity contribution in [1.29, 1.82) is 5.26 Å². The molecule has 0 radical (unpaired) electrons. The number of carbonyl (C=O) groups is 2. The molecule has 0 spiro atoms. The van der Waals surface area contributed by atoms with E-state index in [2.05, 4.69) is 21.5 Å². The van der Waals surface area contributed by atoms with E-state index in [9.17, 15) is 23.3 Å². The molecular weight excluding hydrogens is 506 g/mol. The van der Waals surface area contributed by atoms with Gasteiger partial charge in [0.2, 0.25) is 15.9 Å². The molecule has 3 heterocycles. The number of carbonyl (C=O) groups excluding carboxylic acids is 2. The molecule has 1 aromatic rings. The van der Waals surface area contributed by atoms with Crippen LogP contribution in [0, 0.1) is 23.2 Å². The minimum absolute atomic E-state index is 0.141. The molecule has 1 saturated carbocycles. The monoisotopic (exact) mass is 537 g/mol. The number of hydrogen-bond acceptors (Lipinski definition) is 7. The lowest BCUT2D eigenvalue weighted by Gasteiger charge is -2.47. The molecule has 2 amide bonds. The van der Waals surface area contributed by atoms with Crippen molar-refractivity contribution in [1.82, 2.24) is 19.6 Å². The van der Waals surface area contributed by atoms with Crippen molar-refractivity contribution < 1.29 is 18.0 Å². The molecule has 1 aliphatic carbocycles. The summed E-state index contributed by atoms with van der Waals surface area (Å²) in [4.78, 5) is 36.2. The lowest BCUT2D eigenvalue weighted by atomic mass is 9.83. The Bertz CT molecular complexity index is 1360. The number of hydrazine groups is 1. The van der Waals surface area contributed by atoms with Gasteiger partial charge in [0.1, 0.15) is 11.8 Å². The van der Waals surface area contributed by atoms with Crippen LogP contribution in [0.25, 0.3) is 0 Å². The Labute approximate surface area is 222 Å². The van der Waals surface area contributed by atoms with Gasteiger partial charge in [0, 0.05) is 39.8 Å². The second-order valence-corrected chi connectivity index (χ2v) is 12.6. The largest absolute Gasteiger partial charge is 0.343 e. The summed E-state index contributed by atoms with van der Waals surface area (Å²) in [6.45, 7) is 1.08. The molecule has 1 aromatic carbocycles. The average molecular weight is 538 g/mol. The van der Waals surface area contributed by atoms with Crippen molar-refractivity contribution in [3.05, 3.63) is 36.0 Å². The highest BCUT2D eigenvalue weighted by Crippen LogP contribution is 2.41. The van der Waals surface area contributed by atoms with Crippen LogP contribution in [-0.2, 0) is 19.6 Å². The van der Waals surface area contributed by atoms with Crippen LogP contribution in [0.2, 0.25) is 0 Å². The first-order chi connectivity index (χ1) is 18.1. The number of fused-ring (bicyclic) bond motifs is 1. The summed E-state index contributed by atoms with van der Waals surface area (Å²) in [6, 6.07) is 8.44. The van der Waals surface area contributed by atoms with Gasteiger partial charge in [-0.1, -0.05) is 0 Å². The number of benzene rings is 1. The Hall–Kier alpha value is -3.56. The van der Waals surface area contributed by atoms with Gasteiger partial charge in [0.15, 0.2) is 0 Å². The van der Waals surface area contributed by atoms with Crippen molar-refractivity contribution in [3.8, 4) is 6.07 Å². The van der Waals surface area contributed by atoms with Gasteiger partial charge >= 0.3 is 0 Å². The van der Waals surface area contributed by atoms with Crippen LogP contribution in [-0.4, -0.2) is 79.2 Å². The van der Waals surface area contributed by atoms with E-state index in [0.717, 1.165) is 17.1 Å². The molecule has 11 nitrogen and oxygen atoms in total. The topological polar surface area (TPSA) is 139 Å². The maximum absolute atomic E-state index is 12.9. The number of piperidine rings is 1. The zero-order valence-electron chi connectivity index (χ0n) is 21.5. The van der Waals surface area contributed by atoms with E-state index in [1.165, 1.54) is 32.4 Å². The third-order valence-corrected chi connectivity index (χ3v) is 9.53. The number of likely N-dealkylation sites (tertiary alicyclic amines) is 1. The fraction of sp³-hybridized carbons (Fsp3) is 0.500. The molecule has 12 heteroatoms. The van der Waals surface area contributed by atoms with Crippen molar-refractivity contribution in [2.75, 3.05) is 27.2 Å². The van der Waals surface area contributed by atoms with Gasteiger partial charge in [-0.2, -0.15) is 5.26 Å². The molecule has 0 bridgehead atoms. The Morgan fingerprint density at radius 3 is 2.53 bits per heavy atom. The number of rotatable bonds is 7. The normalized spacial score (nSPS) is 23.7. The lowest BCUT2D eigenvalue weighted by molar-refractivity contribution is -0.134. The minimum Gasteiger partial charge on any atom is -0.343 e. The number of hydrogen-bond donors (Lipinski definition) is 1. The van der Waals surface area contributed by atoms with Gasteiger partial charge in [-0.15, -0.1) is 0 Å². The molecule has 3 fully saturated rings. The van der Waals surface area contributed by atoms with Crippen molar-refractivity contribution in [2.45, 2.75) is 49.0 Å². The van der Waals surface area contributed by atoms with Gasteiger partial charge in [0.05, 0.1) is 34.3 Å². The van der Waals surface area contributed by atoms with Gasteiger partial charge in [-0.3, -0.25) is 20.0 Å². The van der Waals surface area contributed by atoms with E-state index in [1.54, 1.807) is 18.2 Å². The number of amidine groups is 1. The third kappa shape index (κ3) is 4.83. The number of amides is 2. The first-order valence-electron chi connectivity index (χ1n) is 12.8. The van der Waals surface area contributed by atoms with Crippen LogP contribution in [0.15, 0.2) is 50.9 Å². The smallest absolute Gasteiger partial charge is 0.262 e. The van der Waals surface area contributed by atoms with E-state index >= 15 is 0 Å². The Morgan fingerprint density at radius 1 is 1.24 bits per heavy atom. The molecule has 1 N–H and O–H groups in total. The number of aliphatic imine (C=N–C) groups is 2. The quantitative estimate of drug-likeness (QED) is 0.561. The Balaban J connectivity index is 1.41. The van der Waals surface area contributed by atoms with Crippen LogP contribution in [0.3, 0.4) is 0 Å². The van der Waals surface area contributed by atoms with E-state index in [0.29, 0.717) is 55.5 Å². The Kier molecular flexibility index (Phi) is 6.83. The molecule has 2 saturated heterocycles. The summed E-state index contributed by atoms with van der Waals surface area (Å²) >= 11 is 0. The van der Waals surface area contributed by atoms with Crippen LogP contribution >= 0.6 is 0 Å². The van der Waals surface area contributed by atoms with E-state index < -0.39 is 21.5 Å². The third-order valence-electron chi connectivity index (χ3n) is 7.70. The number of dihydropyridines is 1. The second-order valence-electron chi connectivity index (χ2n) is 10.5. The van der Waals surface area contributed by atoms with Crippen LogP contribution in [0.1, 0.15) is 38.5 Å². The highest BCUT2D eigenvalue weighted by molar-refractivity contribution is 7.89. The number of nitriles is 1. The van der Waals surface area contributed by atoms with E-state index in [4.69, 9.17) is 0 Å². The van der Waals surface area contributed by atoms with Crippen molar-refractivity contribution in [2.24, 2.45) is 21.8 Å². The molecule has 1 unspecified atom stereocenters. The fourth-order valence-corrected chi connectivity index (χ4v) is 6.11. The SMILES string of the molecule is CN(C)S(=O)(=O)c1ccc(N=C2NN(C3(CC#N)CCN(C(=O)CC4CC4)CC3)C3=CC=NC(=O)C32)cc1. The molecule has 4 aliphatic rings. The molecule has 3 aliphatic heterocycles. The molecule has 0 aromatic heterocycles. The first-order valence-corrected chi connectivity index (χ1v) is 14.2. The highest BCUT2D eigenvalue weighted by Gasteiger charge is 2.50. The van der Waals surface area contributed by atoms with Crippen LogP contribution < -0.4 is 5.43 Å². The maximum atomic E-state index is 12.9. The average Bonchev–Trinajstić information content (AvgIpc) is 3.63. The number of nitrogens with one attached hydrogen (secondary N) is 1. The summed E-state index contributed by atoms with van der Waals surface area (Å²) in [7, 11) is -0.648. The molecule has 200 valence electrons. The van der Waals surface area contributed by atoms with E-state index in [1.807, 2.05) is 9.91 Å². The standard InChI is InChI=1S/C26H31N7O4S/c1-31(2)38(36,37)20-7-5-19(6-8-20)29-24-23-21(9-14-28-25(23)35)33(30-24)26(10-13-27)11-15-32(16-12-26)22(34)17-18-3-4-18/h5-9,14,18,23H,3-4,10-12,15-17H2,1-2H3,(H,29,30). The van der Waals surface area contributed by atoms with Crippen molar-refractivity contribution in [3.63, 3.8) is 0 Å². The summed E-state index contributed by atoms with van der Waals surface area (Å²) in [6.07, 6.45) is 7.42. The number of sulfonamides is 1. The van der Waals surface area contributed by atoms with Gasteiger partial charge in [0.25, 0.3) is 5.91 Å².